The fourth-order valence-electron chi connectivity index (χ4n) is 9.43. The van der Waals surface area contributed by atoms with Gasteiger partial charge in [-0.3, -0.25) is 0 Å². The molecule has 0 aromatic heterocycles. The summed E-state index contributed by atoms with van der Waals surface area (Å²) in [5.74, 6) is 0.444. The molecule has 9 aromatic carbocycles. The minimum Gasteiger partial charge on any atom is -0.0955 e. The van der Waals surface area contributed by atoms with Crippen LogP contribution in [0, 0.1) is 20.8 Å². The quantitative estimate of drug-likeness (QED) is 0.107. The Bertz CT molecular complexity index is 3130. The molecule has 0 saturated carbocycles. The fraction of sp³-hybridized carbons (Fsp3) is 0.159. The van der Waals surface area contributed by atoms with Crippen LogP contribution in [0.3, 0.4) is 0 Å². The molecule has 344 valence electrons. The lowest BCUT2D eigenvalue weighted by Gasteiger charge is -2.21. The van der Waals surface area contributed by atoms with Crippen molar-refractivity contribution in [1.82, 2.24) is 0 Å². The Hall–Kier alpha value is -7.54. The van der Waals surface area contributed by atoms with Gasteiger partial charge in [0.1, 0.15) is 0 Å². The summed E-state index contributed by atoms with van der Waals surface area (Å²) in [5.41, 5.74) is 25.7. The number of hydrogen-bond acceptors (Lipinski definition) is 0. The van der Waals surface area contributed by atoms with Crippen molar-refractivity contribution in [3.05, 3.63) is 269 Å². The smallest absolute Gasteiger partial charge is 0.0100 e. The Morgan fingerprint density at radius 3 is 1.61 bits per heavy atom. The van der Waals surface area contributed by atoms with Crippen molar-refractivity contribution in [2.75, 3.05) is 0 Å². The molecule has 9 rings (SSSR count). The minimum atomic E-state index is 0.444. The van der Waals surface area contributed by atoms with E-state index in [1.54, 1.807) is 0 Å². The molecule has 0 aliphatic carbocycles. The molecule has 0 aliphatic heterocycles. The van der Waals surface area contributed by atoms with Crippen LogP contribution in [0.15, 0.2) is 225 Å². The maximum atomic E-state index is 4.39. The third-order valence-electron chi connectivity index (χ3n) is 13.0. The second-order valence-electron chi connectivity index (χ2n) is 18.1. The fourth-order valence-corrected chi connectivity index (χ4v) is 9.43. The normalized spacial score (nSPS) is 11.0. The van der Waals surface area contributed by atoms with Gasteiger partial charge >= 0.3 is 0 Å². The lowest BCUT2D eigenvalue weighted by molar-refractivity contribution is 0.868. The van der Waals surface area contributed by atoms with Gasteiger partial charge in [-0.05, 0) is 159 Å². The summed E-state index contributed by atoms with van der Waals surface area (Å²) < 4.78 is 0. The molecule has 0 aliphatic rings. The van der Waals surface area contributed by atoms with Crippen molar-refractivity contribution < 1.29 is 0 Å². The summed E-state index contributed by atoms with van der Waals surface area (Å²) in [6.07, 6.45) is 4.25. The molecule has 0 spiro atoms. The second kappa shape index (κ2) is 24.0. The van der Waals surface area contributed by atoms with E-state index in [0.29, 0.717) is 5.92 Å². The highest BCUT2D eigenvalue weighted by Crippen LogP contribution is 2.40. The van der Waals surface area contributed by atoms with Gasteiger partial charge in [0, 0.05) is 0 Å². The maximum absolute atomic E-state index is 4.39. The van der Waals surface area contributed by atoms with E-state index in [1.807, 2.05) is 19.9 Å². The summed E-state index contributed by atoms with van der Waals surface area (Å²) in [6, 6.07) is 78.5. The van der Waals surface area contributed by atoms with Crippen LogP contribution in [0.4, 0.5) is 0 Å². The Labute approximate surface area is 414 Å². The van der Waals surface area contributed by atoms with Crippen molar-refractivity contribution in [3.8, 4) is 55.6 Å². The van der Waals surface area contributed by atoms with Crippen LogP contribution in [0.2, 0.25) is 0 Å². The highest BCUT2D eigenvalue weighted by molar-refractivity contribution is 5.92. The first kappa shape index (κ1) is 49.4. The molecule has 0 fully saturated rings. The third-order valence-corrected chi connectivity index (χ3v) is 13.0. The van der Waals surface area contributed by atoms with Gasteiger partial charge in [-0.25, -0.2) is 0 Å². The first-order chi connectivity index (χ1) is 33.7. The molecule has 0 atom stereocenters. The Kier molecular flexibility index (Phi) is 17.1. The molecule has 0 heterocycles. The van der Waals surface area contributed by atoms with E-state index in [2.05, 4.69) is 267 Å². The van der Waals surface area contributed by atoms with E-state index >= 15 is 0 Å². The monoisotopic (exact) mass is 897 g/mol. The van der Waals surface area contributed by atoms with Gasteiger partial charge in [0.05, 0.1) is 0 Å². The Morgan fingerprint density at radius 2 is 0.971 bits per heavy atom. The van der Waals surface area contributed by atoms with E-state index in [4.69, 9.17) is 0 Å². The third kappa shape index (κ3) is 12.1. The van der Waals surface area contributed by atoms with Gasteiger partial charge < -0.3 is 0 Å². The number of rotatable bonds is 12. The first-order valence-electron chi connectivity index (χ1n) is 24.8. The highest BCUT2D eigenvalue weighted by Gasteiger charge is 2.19. The van der Waals surface area contributed by atoms with Crippen LogP contribution in [-0.2, 0) is 6.42 Å². The van der Waals surface area contributed by atoms with E-state index in [1.165, 1.54) is 106 Å². The van der Waals surface area contributed by atoms with E-state index < -0.39 is 0 Å². The van der Waals surface area contributed by atoms with Crippen molar-refractivity contribution in [2.24, 2.45) is 0 Å². The molecule has 9 aromatic rings. The van der Waals surface area contributed by atoms with E-state index in [-0.39, 0.29) is 0 Å². The topological polar surface area (TPSA) is 0 Å². The molecule has 0 nitrogen and oxygen atoms in total. The molecular weight excluding hydrogens is 829 g/mol. The van der Waals surface area contributed by atoms with Crippen molar-refractivity contribution in [3.63, 3.8) is 0 Å². The van der Waals surface area contributed by atoms with Crippen LogP contribution in [-0.4, -0.2) is 0 Å². The van der Waals surface area contributed by atoms with Crippen LogP contribution in [0.25, 0.3) is 72.9 Å². The van der Waals surface area contributed by atoms with Gasteiger partial charge in [-0.2, -0.15) is 0 Å². The first-order valence-corrected chi connectivity index (χ1v) is 24.8. The predicted octanol–water partition coefficient (Wildman–Crippen LogP) is 20.0. The van der Waals surface area contributed by atoms with Gasteiger partial charge in [-0.1, -0.05) is 258 Å². The van der Waals surface area contributed by atoms with Gasteiger partial charge in [0.2, 0.25) is 0 Å². The van der Waals surface area contributed by atoms with E-state index in [0.717, 1.165) is 18.4 Å². The van der Waals surface area contributed by atoms with Crippen LogP contribution in [0.1, 0.15) is 91.5 Å². The standard InChI is InChI=1S/C48H46.C19H16.C2H6/c1-33(2)40-23-15-16-25-46(40)44-30-31-47(42-24-14-13-18-35(42)5)43(36(44)6)29-28-39(37-19-9-7-10-20-37)32-48-41(34(3)4)26-17-27-45(48)38-21-11-8-12-22-38;1-15-7-5-10-17(13-15)19-12-6-11-18(14-19)16-8-3-2-4-9-16;1-2/h7-27,30-33H,3,28-29H2,1-2,4-6H3;2-14H,1H3;1-2H3/b39-32+;;. The Balaban J connectivity index is 0.000000277. The van der Waals surface area contributed by atoms with Crippen LogP contribution < -0.4 is 0 Å². The summed E-state index contributed by atoms with van der Waals surface area (Å²) in [5, 5.41) is 0. The zero-order valence-corrected chi connectivity index (χ0v) is 42.1. The highest BCUT2D eigenvalue weighted by atomic mass is 14.2. The van der Waals surface area contributed by atoms with Crippen molar-refractivity contribution >= 4 is 17.2 Å². The van der Waals surface area contributed by atoms with Gasteiger partial charge in [0.15, 0.2) is 0 Å². The van der Waals surface area contributed by atoms with Crippen molar-refractivity contribution in [2.45, 2.75) is 74.1 Å². The largest absolute Gasteiger partial charge is 0.0955 e. The number of hydrogen-bond donors (Lipinski definition) is 0. The average molecular weight is 897 g/mol. The van der Waals surface area contributed by atoms with Crippen molar-refractivity contribution in [1.29, 1.82) is 0 Å². The molecule has 0 unspecified atom stereocenters. The molecule has 0 amide bonds. The molecule has 0 bridgehead atoms. The zero-order chi connectivity index (χ0) is 48.7. The Morgan fingerprint density at radius 1 is 0.464 bits per heavy atom. The average Bonchev–Trinajstić information content (AvgIpc) is 3.39. The van der Waals surface area contributed by atoms with E-state index in [9.17, 15) is 0 Å². The lowest BCUT2D eigenvalue weighted by Crippen LogP contribution is -2.01. The number of aryl methyl sites for hydroxylation is 2. The SMILES string of the molecule is C=C(C)c1cccc(-c2ccccc2)c1/C=C(\CCc1c(-c2ccccc2C)ccc(-c2ccccc2C(C)C)c1C)c1ccccc1.CC.Cc1cccc(-c2cccc(-c3ccccc3)c2)c1. The summed E-state index contributed by atoms with van der Waals surface area (Å²) in [4.78, 5) is 0. The summed E-state index contributed by atoms with van der Waals surface area (Å²) >= 11 is 0. The predicted molar refractivity (Wildman–Crippen MR) is 303 cm³/mol. The van der Waals surface area contributed by atoms with Gasteiger partial charge in [0.25, 0.3) is 0 Å². The zero-order valence-electron chi connectivity index (χ0n) is 42.1. The summed E-state index contributed by atoms with van der Waals surface area (Å²) in [7, 11) is 0. The van der Waals surface area contributed by atoms with Crippen LogP contribution >= 0.6 is 0 Å². The maximum Gasteiger partial charge on any atom is -0.0100 e. The minimum absolute atomic E-state index is 0.444. The molecule has 0 heteroatoms. The molecule has 0 radical (unpaired) electrons. The summed E-state index contributed by atoms with van der Waals surface area (Å²) in [6.45, 7) is 21.8. The number of allylic oxidation sites excluding steroid dienone is 2. The second-order valence-corrected chi connectivity index (χ2v) is 18.1. The van der Waals surface area contributed by atoms with Crippen LogP contribution in [0.5, 0.6) is 0 Å². The molecule has 69 heavy (non-hydrogen) atoms. The molecule has 0 saturated heterocycles. The van der Waals surface area contributed by atoms with Gasteiger partial charge in [-0.15, -0.1) is 0 Å². The molecular formula is C69H68. The lowest BCUT2D eigenvalue weighted by atomic mass is 9.83. The number of benzene rings is 9. The molecule has 0 N–H and O–H groups in total.